The van der Waals surface area contributed by atoms with Crippen molar-refractivity contribution in [1.29, 1.82) is 0 Å². The van der Waals surface area contributed by atoms with Gasteiger partial charge >= 0.3 is 0 Å². The molecule has 1 aromatic carbocycles. The van der Waals surface area contributed by atoms with Crippen molar-refractivity contribution in [3.8, 4) is 0 Å². The van der Waals surface area contributed by atoms with Gasteiger partial charge in [0.15, 0.2) is 0 Å². The second-order valence-corrected chi connectivity index (χ2v) is 10.3. The number of rotatable bonds is 5. The van der Waals surface area contributed by atoms with E-state index in [1.807, 2.05) is 17.5 Å². The van der Waals surface area contributed by atoms with Crippen LogP contribution in [0.25, 0.3) is 0 Å². The fourth-order valence-electron chi connectivity index (χ4n) is 2.64. The van der Waals surface area contributed by atoms with Gasteiger partial charge in [0.1, 0.15) is 6.04 Å². The topological polar surface area (TPSA) is 95.9 Å². The third-order valence-electron chi connectivity index (χ3n) is 3.58. The average Bonchev–Trinajstić information content (AvgIpc) is 3.14. The zero-order valence-electron chi connectivity index (χ0n) is 13.6. The SMILES string of the molecule is CS(=O)(=O)Nc1cccc(C2=NN(S(C)(=O)=O)[C@@H](c3cccs3)C2)c1. The van der Waals surface area contributed by atoms with E-state index < -0.39 is 20.0 Å². The first-order chi connectivity index (χ1) is 11.6. The maximum Gasteiger partial charge on any atom is 0.247 e. The third kappa shape index (κ3) is 4.20. The lowest BCUT2D eigenvalue weighted by molar-refractivity contribution is 0.379. The second kappa shape index (κ2) is 6.43. The molecule has 1 atom stereocenters. The summed E-state index contributed by atoms with van der Waals surface area (Å²) in [5, 5.41) is 6.19. The molecule has 10 heteroatoms. The van der Waals surface area contributed by atoms with E-state index in [0.717, 1.165) is 21.8 Å². The van der Waals surface area contributed by atoms with Crippen molar-refractivity contribution in [3.63, 3.8) is 0 Å². The van der Waals surface area contributed by atoms with Crippen LogP contribution in [0.4, 0.5) is 5.69 Å². The van der Waals surface area contributed by atoms with E-state index in [-0.39, 0.29) is 6.04 Å². The van der Waals surface area contributed by atoms with Gasteiger partial charge in [-0.05, 0) is 29.1 Å². The summed E-state index contributed by atoms with van der Waals surface area (Å²) in [4.78, 5) is 0.912. The van der Waals surface area contributed by atoms with E-state index >= 15 is 0 Å². The number of sulfonamides is 2. The molecule has 0 saturated carbocycles. The van der Waals surface area contributed by atoms with Gasteiger partial charge in [0.25, 0.3) is 0 Å². The van der Waals surface area contributed by atoms with E-state index in [9.17, 15) is 16.8 Å². The molecule has 1 aliphatic rings. The maximum atomic E-state index is 12.1. The molecular formula is C15H17N3O4S3. The Morgan fingerprint density at radius 3 is 2.52 bits per heavy atom. The summed E-state index contributed by atoms with van der Waals surface area (Å²) in [6.07, 6.45) is 2.63. The first kappa shape index (κ1) is 17.9. The Kier molecular flexibility index (Phi) is 4.60. The van der Waals surface area contributed by atoms with Crippen molar-refractivity contribution in [2.45, 2.75) is 12.5 Å². The standard InChI is InChI=1S/C15H17N3O4S3/c1-24(19,20)17-12-6-3-5-11(9-12)13-10-14(15-7-4-8-23-15)18(16-13)25(2,21)22/h3-9,14,17H,10H2,1-2H3/t14-/m1/s1. The van der Waals surface area contributed by atoms with Crippen LogP contribution in [-0.4, -0.2) is 39.5 Å². The monoisotopic (exact) mass is 399 g/mol. The molecule has 0 unspecified atom stereocenters. The van der Waals surface area contributed by atoms with Gasteiger partial charge < -0.3 is 0 Å². The van der Waals surface area contributed by atoms with Crippen molar-refractivity contribution in [1.82, 2.24) is 4.41 Å². The molecule has 134 valence electrons. The molecule has 0 spiro atoms. The van der Waals surface area contributed by atoms with Crippen molar-refractivity contribution in [2.75, 3.05) is 17.2 Å². The zero-order valence-corrected chi connectivity index (χ0v) is 16.0. The van der Waals surface area contributed by atoms with Crippen LogP contribution >= 0.6 is 11.3 Å². The minimum atomic E-state index is -3.52. The van der Waals surface area contributed by atoms with E-state index in [0.29, 0.717) is 23.4 Å². The summed E-state index contributed by atoms with van der Waals surface area (Å²) >= 11 is 1.48. The van der Waals surface area contributed by atoms with E-state index in [1.54, 1.807) is 24.3 Å². The van der Waals surface area contributed by atoms with Gasteiger partial charge in [0, 0.05) is 17.0 Å². The Hall–Kier alpha value is -1.91. The number of nitrogens with zero attached hydrogens (tertiary/aromatic N) is 2. The molecule has 3 rings (SSSR count). The summed E-state index contributed by atoms with van der Waals surface area (Å²) in [5.74, 6) is 0. The number of anilines is 1. The van der Waals surface area contributed by atoms with Gasteiger partial charge in [0.05, 0.1) is 18.2 Å². The predicted molar refractivity (Wildman–Crippen MR) is 99.8 cm³/mol. The molecule has 1 aromatic heterocycles. The Labute approximate surface area is 151 Å². The Balaban J connectivity index is 1.96. The van der Waals surface area contributed by atoms with E-state index in [1.165, 1.54) is 11.3 Å². The lowest BCUT2D eigenvalue weighted by atomic mass is 10.0. The molecule has 0 amide bonds. The van der Waals surface area contributed by atoms with Crippen LogP contribution in [0.5, 0.6) is 0 Å². The zero-order chi connectivity index (χ0) is 18.2. The van der Waals surface area contributed by atoms with Crippen LogP contribution in [0.1, 0.15) is 22.9 Å². The smallest absolute Gasteiger partial charge is 0.247 e. The van der Waals surface area contributed by atoms with Crippen molar-refractivity contribution in [2.24, 2.45) is 5.10 Å². The molecule has 7 nitrogen and oxygen atoms in total. The molecule has 0 bridgehead atoms. The summed E-state index contributed by atoms with van der Waals surface area (Å²) in [6, 6.07) is 10.1. The fourth-order valence-corrected chi connectivity index (χ4v) is 4.97. The Bertz CT molecular complexity index is 1010. The molecule has 25 heavy (non-hydrogen) atoms. The van der Waals surface area contributed by atoms with Crippen molar-refractivity contribution >= 4 is 42.8 Å². The molecule has 0 fully saturated rings. The molecule has 1 N–H and O–H groups in total. The summed E-state index contributed by atoms with van der Waals surface area (Å²) in [5.41, 5.74) is 1.69. The number of benzene rings is 1. The summed E-state index contributed by atoms with van der Waals surface area (Å²) in [6.45, 7) is 0. The molecule has 0 radical (unpaired) electrons. The second-order valence-electron chi connectivity index (χ2n) is 5.77. The predicted octanol–water partition coefficient (Wildman–Crippen LogP) is 2.23. The summed E-state index contributed by atoms with van der Waals surface area (Å²) < 4.78 is 50.5. The largest absolute Gasteiger partial charge is 0.284 e. The highest BCUT2D eigenvalue weighted by Crippen LogP contribution is 2.36. The Morgan fingerprint density at radius 2 is 1.92 bits per heavy atom. The quantitative estimate of drug-likeness (QED) is 0.834. The number of thiophene rings is 1. The molecule has 2 aromatic rings. The minimum absolute atomic E-state index is 0.378. The van der Waals surface area contributed by atoms with Gasteiger partial charge in [-0.15, -0.1) is 11.3 Å². The first-order valence-corrected chi connectivity index (χ1v) is 11.9. The van der Waals surface area contributed by atoms with E-state index in [2.05, 4.69) is 9.82 Å². The lowest BCUT2D eigenvalue weighted by Gasteiger charge is -2.19. The summed E-state index contributed by atoms with van der Waals surface area (Å²) in [7, 11) is -6.91. The number of hydrogen-bond acceptors (Lipinski definition) is 6. The van der Waals surface area contributed by atoms with Gasteiger partial charge in [-0.1, -0.05) is 18.2 Å². The normalized spacial score (nSPS) is 18.2. The van der Waals surface area contributed by atoms with Crippen LogP contribution < -0.4 is 4.72 Å². The van der Waals surface area contributed by atoms with Crippen molar-refractivity contribution < 1.29 is 16.8 Å². The highest BCUT2D eigenvalue weighted by Gasteiger charge is 2.35. The van der Waals surface area contributed by atoms with E-state index in [4.69, 9.17) is 0 Å². The minimum Gasteiger partial charge on any atom is -0.284 e. The number of hydrazone groups is 1. The molecular weight excluding hydrogens is 382 g/mol. The van der Waals surface area contributed by atoms with Gasteiger partial charge in [-0.25, -0.2) is 16.8 Å². The molecule has 0 aliphatic carbocycles. The average molecular weight is 400 g/mol. The van der Waals surface area contributed by atoms with Crippen LogP contribution in [-0.2, 0) is 20.0 Å². The lowest BCUT2D eigenvalue weighted by Crippen LogP contribution is -2.25. The van der Waals surface area contributed by atoms with Crippen LogP contribution in [0.2, 0.25) is 0 Å². The number of nitrogens with one attached hydrogen (secondary N) is 1. The Morgan fingerprint density at radius 1 is 1.16 bits per heavy atom. The third-order valence-corrected chi connectivity index (χ3v) is 6.18. The highest BCUT2D eigenvalue weighted by molar-refractivity contribution is 7.92. The first-order valence-electron chi connectivity index (χ1n) is 7.32. The van der Waals surface area contributed by atoms with Crippen molar-refractivity contribution in [3.05, 3.63) is 52.2 Å². The maximum absolute atomic E-state index is 12.1. The van der Waals surface area contributed by atoms with Crippen LogP contribution in [0.3, 0.4) is 0 Å². The molecule has 0 saturated heterocycles. The number of hydrogen-bond donors (Lipinski definition) is 1. The van der Waals surface area contributed by atoms with Gasteiger partial charge in [0.2, 0.25) is 20.0 Å². The van der Waals surface area contributed by atoms with Gasteiger partial charge in [-0.2, -0.15) is 9.52 Å². The van der Waals surface area contributed by atoms with Crippen LogP contribution in [0.15, 0.2) is 46.9 Å². The van der Waals surface area contributed by atoms with Crippen LogP contribution in [0, 0.1) is 0 Å². The fraction of sp³-hybridized carbons (Fsp3) is 0.267. The molecule has 1 aliphatic heterocycles. The van der Waals surface area contributed by atoms with Gasteiger partial charge in [-0.3, -0.25) is 4.72 Å². The highest BCUT2D eigenvalue weighted by atomic mass is 32.2. The molecule has 2 heterocycles.